The van der Waals surface area contributed by atoms with E-state index in [2.05, 4.69) is 13.8 Å². The van der Waals surface area contributed by atoms with E-state index in [4.69, 9.17) is 4.74 Å². The molecule has 1 aromatic rings. The maximum atomic E-state index is 11.5. The molecule has 0 aliphatic carbocycles. The van der Waals surface area contributed by atoms with Crippen LogP contribution in [0, 0.1) is 0 Å². The van der Waals surface area contributed by atoms with Crippen LogP contribution in [-0.2, 0) is 15.3 Å². The fourth-order valence-electron chi connectivity index (χ4n) is 2.15. The number of hydrogen-bond acceptors (Lipinski definition) is 3. The monoisotopic (exact) mass is 265 g/mol. The average Bonchev–Trinajstić information content (AvgIpc) is 2.44. The van der Waals surface area contributed by atoms with Crippen LogP contribution in [0.5, 0.6) is 0 Å². The summed E-state index contributed by atoms with van der Waals surface area (Å²) in [7, 11) is 0. The number of pyridine rings is 1. The molecule has 19 heavy (non-hydrogen) atoms. The summed E-state index contributed by atoms with van der Waals surface area (Å²) in [4.78, 5) is 11.5. The Morgan fingerprint density at radius 3 is 2.32 bits per heavy atom. The summed E-state index contributed by atoms with van der Waals surface area (Å²) < 4.78 is 7.03. The molecule has 106 valence electrons. The highest BCUT2D eigenvalue weighted by atomic mass is 16.5. The molecule has 0 bridgehead atoms. The van der Waals surface area contributed by atoms with Gasteiger partial charge in [0.2, 0.25) is 0 Å². The Bertz CT molecular complexity index is 416. The second-order valence-corrected chi connectivity index (χ2v) is 4.71. The highest BCUT2D eigenvalue weighted by Gasteiger charge is 2.41. The van der Waals surface area contributed by atoms with Gasteiger partial charge in [-0.1, -0.05) is 20.8 Å². The molecule has 4 nitrogen and oxygen atoms in total. The molecule has 0 radical (unpaired) electrons. The third kappa shape index (κ3) is 3.13. The fourth-order valence-corrected chi connectivity index (χ4v) is 2.15. The Hall–Kier alpha value is -1.42. The number of carbonyl (C=O) groups is 1. The van der Waals surface area contributed by atoms with E-state index in [0.717, 1.165) is 6.42 Å². The van der Waals surface area contributed by atoms with Gasteiger partial charge in [0, 0.05) is 18.6 Å². The maximum Gasteiger partial charge on any atom is 0.313 e. The van der Waals surface area contributed by atoms with Gasteiger partial charge in [0.15, 0.2) is 12.4 Å². The molecule has 0 aromatic carbocycles. The van der Waals surface area contributed by atoms with Gasteiger partial charge >= 0.3 is 5.72 Å². The van der Waals surface area contributed by atoms with E-state index in [1.807, 2.05) is 12.1 Å². The van der Waals surface area contributed by atoms with E-state index < -0.39 is 11.7 Å². The number of rotatable bonds is 7. The van der Waals surface area contributed by atoms with Crippen molar-refractivity contribution in [2.75, 3.05) is 6.61 Å². The normalized spacial score (nSPS) is 15.8. The molecule has 1 aromatic heterocycles. The molecule has 2 unspecified atom stereocenters. The number of carboxylic acid groups (broad SMARTS) is 1. The molecule has 0 saturated heterocycles. The summed E-state index contributed by atoms with van der Waals surface area (Å²) in [6, 6.07) is 3.89. The predicted octanol–water partition coefficient (Wildman–Crippen LogP) is 1.34. The third-order valence-corrected chi connectivity index (χ3v) is 3.63. The van der Waals surface area contributed by atoms with Crippen LogP contribution < -0.4 is 9.67 Å². The molecule has 0 aliphatic heterocycles. The van der Waals surface area contributed by atoms with Crippen LogP contribution in [0.25, 0.3) is 0 Å². The zero-order valence-electron chi connectivity index (χ0n) is 12.2. The molecule has 4 heteroatoms. The molecular formula is C15H23NO3. The van der Waals surface area contributed by atoms with Crippen LogP contribution in [0.15, 0.2) is 24.5 Å². The highest BCUT2D eigenvalue weighted by Crippen LogP contribution is 2.19. The minimum Gasteiger partial charge on any atom is -0.541 e. The Morgan fingerprint density at radius 1 is 1.37 bits per heavy atom. The fraction of sp³-hybridized carbons (Fsp3) is 0.600. The topological polar surface area (TPSA) is 53.2 Å². The van der Waals surface area contributed by atoms with Gasteiger partial charge in [-0.05, 0) is 24.8 Å². The van der Waals surface area contributed by atoms with Crippen molar-refractivity contribution >= 4 is 5.97 Å². The highest BCUT2D eigenvalue weighted by molar-refractivity contribution is 5.70. The minimum atomic E-state index is -1.41. The SMILES string of the molecule is CCOC(CC)(C(=O)[O-])[n+]1ccc(C(C)CC)cc1. The second kappa shape index (κ2) is 6.66. The Morgan fingerprint density at radius 2 is 1.95 bits per heavy atom. The molecule has 0 aliphatic rings. The van der Waals surface area contributed by atoms with Gasteiger partial charge in [0.25, 0.3) is 0 Å². The van der Waals surface area contributed by atoms with Crippen molar-refractivity contribution in [3.63, 3.8) is 0 Å². The molecule has 1 heterocycles. The molecule has 2 atom stereocenters. The third-order valence-electron chi connectivity index (χ3n) is 3.63. The standard InChI is InChI=1S/C15H23NO3/c1-5-12(4)13-8-10-16(11-9-13)15(6-2,14(17)18)19-7-3/h8-12H,5-7H2,1-4H3. The lowest BCUT2D eigenvalue weighted by Crippen LogP contribution is -2.66. The van der Waals surface area contributed by atoms with Crippen LogP contribution >= 0.6 is 0 Å². The first kappa shape index (κ1) is 15.6. The van der Waals surface area contributed by atoms with E-state index in [9.17, 15) is 9.90 Å². The van der Waals surface area contributed by atoms with Crippen molar-refractivity contribution in [3.8, 4) is 0 Å². The predicted molar refractivity (Wildman–Crippen MR) is 70.2 cm³/mol. The van der Waals surface area contributed by atoms with Gasteiger partial charge in [-0.2, -0.15) is 4.57 Å². The lowest BCUT2D eigenvalue weighted by atomic mass is 10.00. The largest absolute Gasteiger partial charge is 0.541 e. The lowest BCUT2D eigenvalue weighted by molar-refractivity contribution is -0.799. The minimum absolute atomic E-state index is 0.316. The van der Waals surface area contributed by atoms with Gasteiger partial charge in [0.1, 0.15) is 5.97 Å². The first-order chi connectivity index (χ1) is 9.01. The van der Waals surface area contributed by atoms with Crippen molar-refractivity contribution in [1.29, 1.82) is 0 Å². The summed E-state index contributed by atoms with van der Waals surface area (Å²) in [5.41, 5.74) is -0.221. The summed E-state index contributed by atoms with van der Waals surface area (Å²) in [5.74, 6) is -0.751. The average molecular weight is 265 g/mol. The second-order valence-electron chi connectivity index (χ2n) is 4.71. The van der Waals surface area contributed by atoms with Crippen molar-refractivity contribution in [3.05, 3.63) is 30.1 Å². The van der Waals surface area contributed by atoms with Crippen LogP contribution in [0.4, 0.5) is 0 Å². The first-order valence-corrected chi connectivity index (χ1v) is 6.88. The molecule has 0 amide bonds. The zero-order valence-corrected chi connectivity index (χ0v) is 12.2. The number of ether oxygens (including phenoxy) is 1. The van der Waals surface area contributed by atoms with Crippen molar-refractivity contribution in [2.45, 2.75) is 52.2 Å². The summed E-state index contributed by atoms with van der Waals surface area (Å²) >= 11 is 0. The molecule has 0 saturated carbocycles. The molecule has 0 spiro atoms. The van der Waals surface area contributed by atoms with Crippen molar-refractivity contribution < 1.29 is 19.2 Å². The molecular weight excluding hydrogens is 242 g/mol. The van der Waals surface area contributed by atoms with Crippen LogP contribution in [0.3, 0.4) is 0 Å². The number of hydrogen-bond donors (Lipinski definition) is 0. The number of carbonyl (C=O) groups excluding carboxylic acids is 1. The van der Waals surface area contributed by atoms with Gasteiger partial charge in [-0.25, -0.2) is 0 Å². The lowest BCUT2D eigenvalue weighted by Gasteiger charge is -2.27. The number of nitrogens with zero attached hydrogens (tertiary/aromatic N) is 1. The molecule has 0 N–H and O–H groups in total. The van der Waals surface area contributed by atoms with E-state index >= 15 is 0 Å². The van der Waals surface area contributed by atoms with Gasteiger partial charge in [-0.3, -0.25) is 0 Å². The van der Waals surface area contributed by atoms with E-state index in [1.165, 1.54) is 5.56 Å². The quantitative estimate of drug-likeness (QED) is 0.699. The van der Waals surface area contributed by atoms with Crippen LogP contribution in [0.2, 0.25) is 0 Å². The van der Waals surface area contributed by atoms with Crippen LogP contribution in [0.1, 0.15) is 52.0 Å². The van der Waals surface area contributed by atoms with Crippen molar-refractivity contribution in [1.82, 2.24) is 0 Å². The Kier molecular flexibility index (Phi) is 5.48. The summed E-state index contributed by atoms with van der Waals surface area (Å²) in [5, 5.41) is 11.5. The summed E-state index contributed by atoms with van der Waals surface area (Å²) in [6.45, 7) is 8.15. The van der Waals surface area contributed by atoms with Crippen LogP contribution in [-0.4, -0.2) is 12.6 Å². The Balaban J connectivity index is 3.14. The van der Waals surface area contributed by atoms with E-state index in [1.54, 1.807) is 30.8 Å². The molecule has 1 rings (SSSR count). The van der Waals surface area contributed by atoms with E-state index in [-0.39, 0.29) is 0 Å². The van der Waals surface area contributed by atoms with Crippen molar-refractivity contribution in [2.24, 2.45) is 0 Å². The maximum absolute atomic E-state index is 11.5. The van der Waals surface area contributed by atoms with Gasteiger partial charge in [0.05, 0.1) is 6.61 Å². The smallest absolute Gasteiger partial charge is 0.313 e. The van der Waals surface area contributed by atoms with E-state index in [0.29, 0.717) is 18.9 Å². The first-order valence-electron chi connectivity index (χ1n) is 6.88. The Labute approximate surface area is 115 Å². The van der Waals surface area contributed by atoms with Gasteiger partial charge in [-0.15, -0.1) is 0 Å². The zero-order chi connectivity index (χ0) is 14.5. The van der Waals surface area contributed by atoms with Gasteiger partial charge < -0.3 is 14.6 Å². The number of aliphatic carboxylic acids is 1. The molecule has 0 fully saturated rings. The summed E-state index contributed by atoms with van der Waals surface area (Å²) in [6.07, 6.45) is 4.89. The number of carboxylic acids is 1. The number of aromatic nitrogens is 1.